The molecule has 20 heavy (non-hydrogen) atoms. The summed E-state index contributed by atoms with van der Waals surface area (Å²) in [7, 11) is -5.11. The minimum Gasteiger partial charge on any atom is -0.780 e. The van der Waals surface area contributed by atoms with Crippen molar-refractivity contribution in [2.45, 2.75) is 0 Å². The van der Waals surface area contributed by atoms with E-state index in [2.05, 4.69) is 4.52 Å². The van der Waals surface area contributed by atoms with Crippen LogP contribution in [-0.4, -0.2) is 11.4 Å². The van der Waals surface area contributed by atoms with E-state index in [1.807, 2.05) is 0 Å². The molecule has 0 aliphatic carbocycles. The first-order chi connectivity index (χ1) is 8.40. The molecule has 6 nitrogen and oxygen atoms in total. The summed E-state index contributed by atoms with van der Waals surface area (Å²) >= 11 is 0. The van der Waals surface area contributed by atoms with Crippen LogP contribution in [0.15, 0.2) is 30.3 Å². The molecule has 0 aromatic heterocycles. The maximum absolute atomic E-state index is 10.8. The summed E-state index contributed by atoms with van der Waals surface area (Å²) in [5, 5.41) is 10.4. The molecule has 0 unspecified atom stereocenters. The van der Waals surface area contributed by atoms with E-state index in [0.717, 1.165) is 0 Å². The predicted molar refractivity (Wildman–Crippen MR) is 59.2 cm³/mol. The zero-order chi connectivity index (χ0) is 13.3. The molecule has 0 aliphatic rings. The minimum atomic E-state index is -5.11. The van der Waals surface area contributed by atoms with Gasteiger partial charge in [-0.2, -0.15) is 0 Å². The van der Waals surface area contributed by atoms with E-state index in [-0.39, 0.29) is 76.2 Å². The monoisotopic (exact) mass is 312 g/mol. The molecule has 2 aromatic rings. The van der Waals surface area contributed by atoms with Gasteiger partial charge in [0.1, 0.15) is 19.3 Å². The summed E-state index contributed by atoms with van der Waals surface area (Å²) in [4.78, 5) is 31.8. The largest absolute Gasteiger partial charge is 1.00 e. The average Bonchev–Trinajstić information content (AvgIpc) is 2.27. The Bertz CT molecular complexity index is 669. The molecule has 0 heterocycles. The van der Waals surface area contributed by atoms with Gasteiger partial charge in [-0.15, -0.1) is 0 Å². The van der Waals surface area contributed by atoms with E-state index >= 15 is 0 Å². The average molecular weight is 312 g/mol. The van der Waals surface area contributed by atoms with Gasteiger partial charge in [-0.05, 0) is 35.0 Å². The molecule has 1 N–H and O–H groups in total. The number of carbonyl (C=O) groups excluding carboxylic acids is 1. The molecule has 0 radical (unpaired) electrons. The van der Waals surface area contributed by atoms with E-state index in [4.69, 9.17) is 0 Å². The summed E-state index contributed by atoms with van der Waals surface area (Å²) in [5.41, 5.74) is 0.0893. The third-order valence-electron chi connectivity index (χ3n) is 2.34. The van der Waals surface area contributed by atoms with Gasteiger partial charge in [0.25, 0.3) is 0 Å². The number of phenols is 1. The Hall–Kier alpha value is 0.120. The summed E-state index contributed by atoms with van der Waals surface area (Å²) < 4.78 is 14.7. The van der Waals surface area contributed by atoms with E-state index < -0.39 is 7.82 Å². The number of phosphoric acid groups is 1. The Morgan fingerprint density at radius 2 is 1.80 bits per heavy atom. The molecule has 0 fully saturated rings. The normalized spacial score (nSPS) is 10.3. The Morgan fingerprint density at radius 1 is 1.15 bits per heavy atom. The fourth-order valence-corrected chi connectivity index (χ4v) is 2.00. The Labute approximate surface area is 159 Å². The van der Waals surface area contributed by atoms with Crippen LogP contribution >= 0.6 is 7.82 Å². The molecule has 0 saturated carbocycles. The Morgan fingerprint density at radius 3 is 2.35 bits per heavy atom. The molecule has 0 amide bonds. The molecule has 94 valence electrons. The third-order valence-corrected chi connectivity index (χ3v) is 2.78. The second-order valence-electron chi connectivity index (χ2n) is 3.54. The van der Waals surface area contributed by atoms with Crippen LogP contribution in [0.5, 0.6) is 11.5 Å². The topological polar surface area (TPSA) is 110 Å². The van der Waals surface area contributed by atoms with Crippen LogP contribution in [0, 0.1) is 0 Å². The molecule has 9 heteroatoms. The van der Waals surface area contributed by atoms with Crippen molar-refractivity contribution < 1.29 is 87.9 Å². The number of benzene rings is 2. The number of phosphoric ester groups is 1. The molecule has 0 spiro atoms. The van der Waals surface area contributed by atoms with Gasteiger partial charge in [-0.3, -0.25) is 4.79 Å². The number of aromatic hydroxyl groups is 1. The Balaban J connectivity index is 0.00000180. The van der Waals surface area contributed by atoms with Crippen LogP contribution in [-0.2, 0) is 4.57 Å². The van der Waals surface area contributed by atoms with Crippen molar-refractivity contribution in [1.29, 1.82) is 0 Å². The van der Waals surface area contributed by atoms with Crippen LogP contribution in [0.25, 0.3) is 10.8 Å². The van der Waals surface area contributed by atoms with Gasteiger partial charge in [0.2, 0.25) is 0 Å². The molecule has 2 aromatic carbocycles. The van der Waals surface area contributed by atoms with E-state index in [9.17, 15) is 24.3 Å². The fourth-order valence-electron chi connectivity index (χ4n) is 1.63. The van der Waals surface area contributed by atoms with Crippen LogP contribution in [0.2, 0.25) is 0 Å². The van der Waals surface area contributed by atoms with Crippen molar-refractivity contribution in [3.8, 4) is 11.5 Å². The zero-order valence-electron chi connectivity index (χ0n) is 10.9. The smallest absolute Gasteiger partial charge is 0.780 e. The van der Waals surface area contributed by atoms with Gasteiger partial charge in [-0.25, -0.2) is 0 Å². The van der Waals surface area contributed by atoms with Gasteiger partial charge in [0.05, 0.1) is 5.56 Å². The number of aldehydes is 1. The van der Waals surface area contributed by atoms with E-state index in [0.29, 0.717) is 17.1 Å². The number of hydrogen-bond donors (Lipinski definition) is 1. The first kappa shape index (κ1) is 20.1. The zero-order valence-corrected chi connectivity index (χ0v) is 15.8. The van der Waals surface area contributed by atoms with Gasteiger partial charge >= 0.3 is 59.1 Å². The van der Waals surface area contributed by atoms with Crippen molar-refractivity contribution in [3.63, 3.8) is 0 Å². The van der Waals surface area contributed by atoms with E-state index in [1.165, 1.54) is 30.3 Å². The minimum absolute atomic E-state index is 0. The predicted octanol–water partition coefficient (Wildman–Crippen LogP) is -5.43. The number of phenolic OH excluding ortho intramolecular Hbond substituents is 1. The molecule has 2 rings (SSSR count). The van der Waals surface area contributed by atoms with Gasteiger partial charge in [-0.1, -0.05) is 6.07 Å². The first-order valence-corrected chi connectivity index (χ1v) is 6.29. The van der Waals surface area contributed by atoms with Crippen LogP contribution in [0.3, 0.4) is 0 Å². The number of carbonyl (C=O) groups is 1. The third kappa shape index (κ3) is 4.84. The van der Waals surface area contributed by atoms with Crippen LogP contribution < -0.4 is 73.4 Å². The van der Waals surface area contributed by atoms with Crippen molar-refractivity contribution in [2.75, 3.05) is 0 Å². The molecule has 0 bridgehead atoms. The summed E-state index contributed by atoms with van der Waals surface area (Å²) in [6.45, 7) is 0. The summed E-state index contributed by atoms with van der Waals surface area (Å²) in [6, 6.07) is 6.69. The molecule has 0 aliphatic heterocycles. The fraction of sp³-hybridized carbons (Fsp3) is 0. The molecule has 0 atom stereocenters. The number of rotatable bonds is 3. The number of fused-ring (bicyclic) bond motifs is 1. The second kappa shape index (κ2) is 7.94. The molecular weight excluding hydrogens is 305 g/mol. The van der Waals surface area contributed by atoms with Crippen molar-refractivity contribution in [3.05, 3.63) is 35.9 Å². The SMILES string of the molecule is O=Cc1c(O)ccc2cc(OP(=O)([O-])[O-])ccc12.[Na+].[Na+]. The first-order valence-electron chi connectivity index (χ1n) is 4.83. The summed E-state index contributed by atoms with van der Waals surface area (Å²) in [6.07, 6.45) is 0.490. The van der Waals surface area contributed by atoms with E-state index in [1.54, 1.807) is 0 Å². The number of hydrogen-bond acceptors (Lipinski definition) is 6. The van der Waals surface area contributed by atoms with Gasteiger partial charge in [0.15, 0.2) is 6.29 Å². The van der Waals surface area contributed by atoms with Crippen molar-refractivity contribution in [1.82, 2.24) is 0 Å². The second-order valence-corrected chi connectivity index (χ2v) is 4.61. The maximum atomic E-state index is 10.8. The van der Waals surface area contributed by atoms with Gasteiger partial charge in [0, 0.05) is 0 Å². The molecular formula is C11H7Na2O6P. The Kier molecular flexibility index (Phi) is 7.99. The molecule has 0 saturated heterocycles. The van der Waals surface area contributed by atoms with Crippen molar-refractivity contribution in [2.24, 2.45) is 0 Å². The summed E-state index contributed by atoms with van der Waals surface area (Å²) in [5.74, 6) is -0.317. The van der Waals surface area contributed by atoms with Gasteiger partial charge < -0.3 is 24.0 Å². The van der Waals surface area contributed by atoms with Crippen LogP contribution in [0.4, 0.5) is 0 Å². The van der Waals surface area contributed by atoms with Crippen molar-refractivity contribution >= 4 is 24.9 Å². The standard InChI is InChI=1S/C11H9O6P.2Na/c12-6-10-9-3-2-8(17-18(14,15)16)5-7(9)1-4-11(10)13;;/h1-6,13H,(H2,14,15,16);;/q;2*+1/p-2. The maximum Gasteiger partial charge on any atom is 1.00 e. The van der Waals surface area contributed by atoms with Crippen LogP contribution in [0.1, 0.15) is 10.4 Å². The quantitative estimate of drug-likeness (QED) is 0.344.